The van der Waals surface area contributed by atoms with Gasteiger partial charge in [0.15, 0.2) is 5.69 Å². The summed E-state index contributed by atoms with van der Waals surface area (Å²) >= 11 is 0. The molecule has 0 bridgehead atoms. The molecule has 7 nitrogen and oxygen atoms in total. The van der Waals surface area contributed by atoms with Crippen molar-refractivity contribution in [3.8, 4) is 17.2 Å². The molecule has 2 aromatic carbocycles. The Morgan fingerprint density at radius 1 is 1.06 bits per heavy atom. The summed E-state index contributed by atoms with van der Waals surface area (Å²) < 4.78 is 51.5. The fraction of sp³-hybridized carbons (Fsp3) is 0.190. The predicted octanol–water partition coefficient (Wildman–Crippen LogP) is 3.83. The quantitative estimate of drug-likeness (QED) is 0.661. The van der Waals surface area contributed by atoms with Gasteiger partial charge in [0.1, 0.15) is 11.5 Å². The van der Waals surface area contributed by atoms with Crippen molar-refractivity contribution in [1.82, 2.24) is 9.78 Å². The van der Waals surface area contributed by atoms with Crippen molar-refractivity contribution in [2.24, 2.45) is 0 Å². The minimum absolute atomic E-state index is 0.139. The number of aromatic nitrogens is 2. The van der Waals surface area contributed by atoms with Crippen LogP contribution in [0, 0.1) is 6.92 Å². The molecular weight excluding hydrogens is 415 g/mol. The monoisotopic (exact) mass is 433 g/mol. The number of carbonyl (C=O) groups is 1. The summed E-state index contributed by atoms with van der Waals surface area (Å²) in [6, 6.07) is 10.4. The molecule has 0 saturated carbocycles. The van der Waals surface area contributed by atoms with Crippen molar-refractivity contribution in [3.05, 3.63) is 75.7 Å². The van der Waals surface area contributed by atoms with Crippen LogP contribution in [0.5, 0.6) is 11.5 Å². The van der Waals surface area contributed by atoms with Crippen molar-refractivity contribution in [3.63, 3.8) is 0 Å². The Morgan fingerprint density at radius 3 is 2.42 bits per heavy atom. The highest BCUT2D eigenvalue weighted by Gasteiger charge is 2.34. The second-order valence-corrected chi connectivity index (χ2v) is 6.45. The predicted molar refractivity (Wildman–Crippen MR) is 107 cm³/mol. The summed E-state index contributed by atoms with van der Waals surface area (Å²) in [7, 11) is 2.85. The SMILES string of the molecule is COc1ccc(NC(=O)c2nn(-c3ccccc3C(F)(F)F)c(C)cc2=O)c(OC)c1. The van der Waals surface area contributed by atoms with E-state index in [2.05, 4.69) is 10.4 Å². The van der Waals surface area contributed by atoms with Crippen LogP contribution in [0.2, 0.25) is 0 Å². The van der Waals surface area contributed by atoms with Gasteiger partial charge in [0.05, 0.1) is 31.2 Å². The van der Waals surface area contributed by atoms with Gasteiger partial charge in [0.25, 0.3) is 5.91 Å². The molecule has 0 fully saturated rings. The van der Waals surface area contributed by atoms with E-state index in [1.807, 2.05) is 0 Å². The van der Waals surface area contributed by atoms with E-state index in [9.17, 15) is 22.8 Å². The molecular formula is C21H18F3N3O4. The fourth-order valence-electron chi connectivity index (χ4n) is 2.93. The first-order valence-corrected chi connectivity index (χ1v) is 8.96. The van der Waals surface area contributed by atoms with Crippen molar-refractivity contribution in [2.45, 2.75) is 13.1 Å². The number of aryl methyl sites for hydroxylation is 1. The third-order valence-electron chi connectivity index (χ3n) is 4.42. The van der Waals surface area contributed by atoms with E-state index < -0.39 is 28.8 Å². The van der Waals surface area contributed by atoms with Crippen molar-refractivity contribution < 1.29 is 27.4 Å². The number of amides is 1. The van der Waals surface area contributed by atoms with Gasteiger partial charge in [-0.2, -0.15) is 18.3 Å². The number of alkyl halides is 3. The fourth-order valence-corrected chi connectivity index (χ4v) is 2.93. The summed E-state index contributed by atoms with van der Waals surface area (Å²) in [6.45, 7) is 1.43. The largest absolute Gasteiger partial charge is 0.497 e. The zero-order valence-electron chi connectivity index (χ0n) is 16.8. The number of ether oxygens (including phenoxy) is 2. The molecule has 1 heterocycles. The molecule has 0 atom stereocenters. The molecule has 1 amide bonds. The minimum atomic E-state index is -4.65. The number of anilines is 1. The Balaban J connectivity index is 2.05. The van der Waals surface area contributed by atoms with Gasteiger partial charge in [-0.3, -0.25) is 9.59 Å². The third-order valence-corrected chi connectivity index (χ3v) is 4.42. The van der Waals surface area contributed by atoms with Crippen LogP contribution in [-0.2, 0) is 6.18 Å². The average molecular weight is 433 g/mol. The van der Waals surface area contributed by atoms with Crippen molar-refractivity contribution >= 4 is 11.6 Å². The van der Waals surface area contributed by atoms with Gasteiger partial charge in [-0.05, 0) is 31.2 Å². The number of rotatable bonds is 5. The average Bonchev–Trinajstić information content (AvgIpc) is 2.73. The number of carbonyl (C=O) groups excluding carboxylic acids is 1. The molecule has 31 heavy (non-hydrogen) atoms. The Labute approximate surface area is 175 Å². The molecule has 0 aliphatic rings. The molecule has 0 aliphatic carbocycles. The Bertz CT molecular complexity index is 1190. The lowest BCUT2D eigenvalue weighted by Gasteiger charge is -2.17. The van der Waals surface area contributed by atoms with Crippen LogP contribution in [0.25, 0.3) is 5.69 Å². The van der Waals surface area contributed by atoms with Crippen LogP contribution in [0.3, 0.4) is 0 Å². The first-order valence-electron chi connectivity index (χ1n) is 8.96. The highest BCUT2D eigenvalue weighted by Crippen LogP contribution is 2.34. The van der Waals surface area contributed by atoms with E-state index in [1.165, 1.54) is 51.5 Å². The van der Waals surface area contributed by atoms with E-state index in [1.54, 1.807) is 6.07 Å². The number of methoxy groups -OCH3 is 2. The van der Waals surface area contributed by atoms with Gasteiger partial charge < -0.3 is 14.8 Å². The molecule has 0 radical (unpaired) electrons. The highest BCUT2D eigenvalue weighted by molar-refractivity contribution is 6.03. The lowest BCUT2D eigenvalue weighted by Crippen LogP contribution is -2.27. The zero-order valence-corrected chi connectivity index (χ0v) is 16.8. The Hall–Kier alpha value is -3.82. The van der Waals surface area contributed by atoms with Gasteiger partial charge in [0.2, 0.25) is 5.43 Å². The maximum atomic E-state index is 13.4. The summed E-state index contributed by atoms with van der Waals surface area (Å²) in [4.78, 5) is 25.1. The number of benzene rings is 2. The standard InChI is InChI=1S/C21H18F3N3O4/c1-12-10-17(28)19(20(29)25-15-9-8-13(30-2)11-18(15)31-3)26-27(12)16-7-5-4-6-14(16)21(22,23)24/h4-11H,1-3H3,(H,25,29). The van der Waals surface area contributed by atoms with Crippen LogP contribution in [0.1, 0.15) is 21.7 Å². The van der Waals surface area contributed by atoms with Gasteiger partial charge in [-0.15, -0.1) is 0 Å². The van der Waals surface area contributed by atoms with Gasteiger partial charge in [-0.25, -0.2) is 4.68 Å². The molecule has 162 valence electrons. The first kappa shape index (κ1) is 21.9. The van der Waals surface area contributed by atoms with Crippen LogP contribution in [0.4, 0.5) is 18.9 Å². The van der Waals surface area contributed by atoms with E-state index >= 15 is 0 Å². The number of hydrogen-bond acceptors (Lipinski definition) is 5. The maximum absolute atomic E-state index is 13.4. The molecule has 10 heteroatoms. The van der Waals surface area contributed by atoms with E-state index in [4.69, 9.17) is 9.47 Å². The van der Waals surface area contributed by atoms with E-state index in [0.29, 0.717) is 5.75 Å². The van der Waals surface area contributed by atoms with Crippen LogP contribution in [0.15, 0.2) is 53.3 Å². The number of hydrogen-bond donors (Lipinski definition) is 1. The highest BCUT2D eigenvalue weighted by atomic mass is 19.4. The first-order chi connectivity index (χ1) is 14.7. The third kappa shape index (κ3) is 4.52. The molecule has 1 aromatic heterocycles. The maximum Gasteiger partial charge on any atom is 0.418 e. The normalized spacial score (nSPS) is 11.2. The van der Waals surface area contributed by atoms with Gasteiger partial charge in [-0.1, -0.05) is 12.1 Å². The van der Waals surface area contributed by atoms with Crippen LogP contribution >= 0.6 is 0 Å². The zero-order chi connectivity index (χ0) is 22.8. The second-order valence-electron chi connectivity index (χ2n) is 6.45. The van der Waals surface area contributed by atoms with Crippen molar-refractivity contribution in [2.75, 3.05) is 19.5 Å². The van der Waals surface area contributed by atoms with Gasteiger partial charge in [0, 0.05) is 17.8 Å². The van der Waals surface area contributed by atoms with Crippen molar-refractivity contribution in [1.29, 1.82) is 0 Å². The summed E-state index contributed by atoms with van der Waals surface area (Å²) in [6.07, 6.45) is -4.65. The number of nitrogens with zero attached hydrogens (tertiary/aromatic N) is 2. The molecule has 3 aromatic rings. The smallest absolute Gasteiger partial charge is 0.418 e. The molecule has 0 saturated heterocycles. The van der Waals surface area contributed by atoms with Crippen LogP contribution in [-0.4, -0.2) is 29.9 Å². The van der Waals surface area contributed by atoms with E-state index in [-0.39, 0.29) is 22.8 Å². The minimum Gasteiger partial charge on any atom is -0.497 e. The molecule has 0 aliphatic heterocycles. The molecule has 1 N–H and O–H groups in total. The lowest BCUT2D eigenvalue weighted by atomic mass is 10.1. The second kappa shape index (κ2) is 8.50. The summed E-state index contributed by atoms with van der Waals surface area (Å²) in [5, 5.41) is 6.42. The molecule has 3 rings (SSSR count). The van der Waals surface area contributed by atoms with Crippen LogP contribution < -0.4 is 20.2 Å². The van der Waals surface area contributed by atoms with Gasteiger partial charge >= 0.3 is 6.18 Å². The lowest BCUT2D eigenvalue weighted by molar-refractivity contribution is -0.137. The number of halogens is 3. The summed E-state index contributed by atoms with van der Waals surface area (Å²) in [5.74, 6) is -0.149. The Morgan fingerprint density at radius 2 is 1.77 bits per heavy atom. The number of nitrogens with one attached hydrogen (secondary N) is 1. The number of para-hydroxylation sites is 1. The Kier molecular flexibility index (Phi) is 6.00. The van der Waals surface area contributed by atoms with E-state index in [0.717, 1.165) is 16.8 Å². The molecule has 0 spiro atoms. The topological polar surface area (TPSA) is 82.5 Å². The summed E-state index contributed by atoms with van der Waals surface area (Å²) in [5.41, 5.74) is -2.18. The molecule has 0 unspecified atom stereocenters.